The van der Waals surface area contributed by atoms with Crippen LogP contribution in [-0.4, -0.2) is 30.7 Å². The van der Waals surface area contributed by atoms with E-state index in [9.17, 15) is 9.59 Å². The summed E-state index contributed by atoms with van der Waals surface area (Å²) in [7, 11) is 0. The average molecular weight is 245 g/mol. The van der Waals surface area contributed by atoms with E-state index in [-0.39, 0.29) is 23.9 Å². The molecule has 2 unspecified atom stereocenters. The van der Waals surface area contributed by atoms with Gasteiger partial charge < -0.3 is 15.2 Å². The van der Waals surface area contributed by atoms with Gasteiger partial charge in [-0.15, -0.1) is 0 Å². The number of ketones is 1. The Morgan fingerprint density at radius 1 is 1.41 bits per heavy atom. The minimum absolute atomic E-state index is 0.0451. The minimum Gasteiger partial charge on any atom is -0.446 e. The maximum absolute atomic E-state index is 10.3. The molecule has 2 N–H and O–H groups in total. The van der Waals surface area contributed by atoms with Crippen molar-refractivity contribution in [1.29, 1.82) is 0 Å². The fourth-order valence-electron chi connectivity index (χ4n) is 1.23. The molecule has 0 aromatic carbocycles. The molecule has 17 heavy (non-hydrogen) atoms. The second-order valence-corrected chi connectivity index (χ2v) is 4.53. The molecule has 5 nitrogen and oxygen atoms in total. The smallest absolute Gasteiger partial charge is 0.404 e. The standard InChI is InChI=1S/C7H13NO3.C5H10O/c1-5-4-6(2-3-10-5)11-7(8)9;1-4(2)5(3)6/h5-6H,2-4H2,1H3,(H2,8,9);4H,1-3H3. The zero-order valence-electron chi connectivity index (χ0n) is 11.1. The number of carbonyl (C=O) groups is 2. The molecule has 1 amide bonds. The number of carbonyl (C=O) groups excluding carboxylic acids is 2. The lowest BCUT2D eigenvalue weighted by molar-refractivity contribution is -0.119. The number of ether oxygens (including phenoxy) is 2. The predicted octanol–water partition coefficient (Wildman–Crippen LogP) is 1.88. The van der Waals surface area contributed by atoms with Crippen LogP contribution in [0.15, 0.2) is 0 Å². The van der Waals surface area contributed by atoms with Crippen molar-refractivity contribution in [2.45, 2.75) is 52.7 Å². The molecule has 1 fully saturated rings. The van der Waals surface area contributed by atoms with E-state index >= 15 is 0 Å². The fourth-order valence-corrected chi connectivity index (χ4v) is 1.23. The maximum atomic E-state index is 10.3. The first-order chi connectivity index (χ1) is 7.82. The summed E-state index contributed by atoms with van der Waals surface area (Å²) in [5.41, 5.74) is 4.87. The summed E-state index contributed by atoms with van der Waals surface area (Å²) in [5.74, 6) is 0.472. The summed E-state index contributed by atoms with van der Waals surface area (Å²) in [4.78, 5) is 20.5. The van der Waals surface area contributed by atoms with Gasteiger partial charge in [-0.3, -0.25) is 4.79 Å². The van der Waals surface area contributed by atoms with Crippen molar-refractivity contribution < 1.29 is 19.1 Å². The van der Waals surface area contributed by atoms with Gasteiger partial charge in [-0.1, -0.05) is 13.8 Å². The molecule has 1 rings (SSSR count). The van der Waals surface area contributed by atoms with Crippen LogP contribution in [0.25, 0.3) is 0 Å². The van der Waals surface area contributed by atoms with Crippen molar-refractivity contribution in [3.05, 3.63) is 0 Å². The first kappa shape index (κ1) is 15.9. The zero-order chi connectivity index (χ0) is 13.4. The molecule has 0 radical (unpaired) electrons. The van der Waals surface area contributed by atoms with Crippen molar-refractivity contribution in [3.8, 4) is 0 Å². The molecule has 100 valence electrons. The molecule has 1 aliphatic heterocycles. The van der Waals surface area contributed by atoms with Gasteiger partial charge in [-0.2, -0.15) is 0 Å². The van der Waals surface area contributed by atoms with E-state index in [2.05, 4.69) is 0 Å². The zero-order valence-corrected chi connectivity index (χ0v) is 11.1. The van der Waals surface area contributed by atoms with Gasteiger partial charge in [0.15, 0.2) is 0 Å². The molecular weight excluding hydrogens is 222 g/mol. The molecule has 5 heteroatoms. The highest BCUT2D eigenvalue weighted by molar-refractivity contribution is 5.77. The number of amides is 1. The topological polar surface area (TPSA) is 78.6 Å². The Labute approximate surface area is 103 Å². The summed E-state index contributed by atoms with van der Waals surface area (Å²) < 4.78 is 10.1. The lowest BCUT2D eigenvalue weighted by atomic mass is 10.1. The van der Waals surface area contributed by atoms with Crippen LogP contribution in [0.1, 0.15) is 40.5 Å². The van der Waals surface area contributed by atoms with Gasteiger partial charge in [-0.05, 0) is 13.8 Å². The third-order valence-electron chi connectivity index (χ3n) is 2.53. The Bertz CT molecular complexity index is 253. The Morgan fingerprint density at radius 3 is 2.29 bits per heavy atom. The first-order valence-corrected chi connectivity index (χ1v) is 5.91. The van der Waals surface area contributed by atoms with Crippen LogP contribution in [0, 0.1) is 5.92 Å². The Morgan fingerprint density at radius 2 is 1.94 bits per heavy atom. The van der Waals surface area contributed by atoms with E-state index < -0.39 is 6.09 Å². The van der Waals surface area contributed by atoms with E-state index in [1.165, 1.54) is 0 Å². The summed E-state index contributed by atoms with van der Waals surface area (Å²) in [6.45, 7) is 7.99. The fraction of sp³-hybridized carbons (Fsp3) is 0.833. The van der Waals surface area contributed by atoms with Crippen LogP contribution in [0.4, 0.5) is 4.79 Å². The summed E-state index contributed by atoms with van der Waals surface area (Å²) in [6.07, 6.45) is 0.949. The molecule has 0 aromatic heterocycles. The van der Waals surface area contributed by atoms with Crippen LogP contribution >= 0.6 is 0 Å². The number of hydrogen-bond acceptors (Lipinski definition) is 4. The predicted molar refractivity (Wildman–Crippen MR) is 64.6 cm³/mol. The van der Waals surface area contributed by atoms with E-state index in [4.69, 9.17) is 15.2 Å². The molecule has 0 aliphatic carbocycles. The van der Waals surface area contributed by atoms with Crippen molar-refractivity contribution in [2.75, 3.05) is 6.61 Å². The number of primary amides is 1. The van der Waals surface area contributed by atoms with Gasteiger partial charge in [0.25, 0.3) is 0 Å². The summed E-state index contributed by atoms with van der Waals surface area (Å²) in [6, 6.07) is 0. The molecular formula is C12H23NO4. The molecule has 1 aliphatic rings. The number of Topliss-reactive ketones (excluding diaryl/α,β-unsaturated/α-hetero) is 1. The molecule has 1 saturated heterocycles. The molecule has 0 aromatic rings. The quantitative estimate of drug-likeness (QED) is 0.805. The molecule has 0 spiro atoms. The van der Waals surface area contributed by atoms with E-state index in [1.807, 2.05) is 20.8 Å². The monoisotopic (exact) mass is 245 g/mol. The number of hydrogen-bond donors (Lipinski definition) is 1. The third kappa shape index (κ3) is 8.68. The van der Waals surface area contributed by atoms with Crippen LogP contribution in [-0.2, 0) is 14.3 Å². The lowest BCUT2D eigenvalue weighted by Gasteiger charge is -2.26. The van der Waals surface area contributed by atoms with Crippen molar-refractivity contribution in [3.63, 3.8) is 0 Å². The normalized spacial score (nSPS) is 23.6. The maximum Gasteiger partial charge on any atom is 0.404 e. The van der Waals surface area contributed by atoms with Gasteiger partial charge in [-0.25, -0.2) is 4.79 Å². The summed E-state index contributed by atoms with van der Waals surface area (Å²) in [5, 5.41) is 0. The van der Waals surface area contributed by atoms with Gasteiger partial charge in [0, 0.05) is 18.8 Å². The van der Waals surface area contributed by atoms with Crippen molar-refractivity contribution >= 4 is 11.9 Å². The third-order valence-corrected chi connectivity index (χ3v) is 2.53. The van der Waals surface area contributed by atoms with E-state index in [0.29, 0.717) is 6.61 Å². The lowest BCUT2D eigenvalue weighted by Crippen LogP contribution is -2.32. The highest BCUT2D eigenvalue weighted by Crippen LogP contribution is 2.15. The summed E-state index contributed by atoms with van der Waals surface area (Å²) >= 11 is 0. The van der Waals surface area contributed by atoms with Gasteiger partial charge in [0.1, 0.15) is 11.9 Å². The number of rotatable bonds is 2. The van der Waals surface area contributed by atoms with Crippen LogP contribution in [0.5, 0.6) is 0 Å². The van der Waals surface area contributed by atoms with Crippen LogP contribution < -0.4 is 5.73 Å². The Kier molecular flexibility index (Phi) is 7.54. The second-order valence-electron chi connectivity index (χ2n) is 4.53. The van der Waals surface area contributed by atoms with Crippen molar-refractivity contribution in [1.82, 2.24) is 0 Å². The van der Waals surface area contributed by atoms with Gasteiger partial charge >= 0.3 is 6.09 Å². The largest absolute Gasteiger partial charge is 0.446 e. The molecule has 1 heterocycles. The van der Waals surface area contributed by atoms with E-state index in [0.717, 1.165) is 12.8 Å². The van der Waals surface area contributed by atoms with E-state index in [1.54, 1.807) is 6.92 Å². The highest BCUT2D eigenvalue weighted by Gasteiger charge is 2.21. The number of nitrogens with two attached hydrogens (primary N) is 1. The first-order valence-electron chi connectivity index (χ1n) is 5.91. The molecule has 0 saturated carbocycles. The SMILES string of the molecule is CC(=O)C(C)C.CC1CC(OC(N)=O)CCO1. The molecule has 2 atom stereocenters. The second kappa shape index (κ2) is 8.06. The van der Waals surface area contributed by atoms with Crippen LogP contribution in [0.3, 0.4) is 0 Å². The van der Waals surface area contributed by atoms with Gasteiger partial charge in [0.2, 0.25) is 0 Å². The average Bonchev–Trinajstić information content (AvgIpc) is 2.17. The van der Waals surface area contributed by atoms with Crippen LogP contribution in [0.2, 0.25) is 0 Å². The Hall–Kier alpha value is -1.10. The highest BCUT2D eigenvalue weighted by atomic mass is 16.6. The minimum atomic E-state index is -0.691. The Balaban J connectivity index is 0.000000366. The molecule has 0 bridgehead atoms. The van der Waals surface area contributed by atoms with Crippen molar-refractivity contribution in [2.24, 2.45) is 11.7 Å². The van der Waals surface area contributed by atoms with Gasteiger partial charge in [0.05, 0.1) is 12.7 Å².